The standard InChI is InChI=1S/C15H26O2Si/c1-6-13(4)14-9-11-15(12-10-14)18(5,16-7-2)17-8-3/h9-13H,6-8H2,1-5H3. The van der Waals surface area contributed by atoms with Crippen molar-refractivity contribution in [2.75, 3.05) is 13.2 Å². The van der Waals surface area contributed by atoms with Gasteiger partial charge in [-0.2, -0.15) is 0 Å². The molecule has 2 nitrogen and oxygen atoms in total. The van der Waals surface area contributed by atoms with Gasteiger partial charge in [-0.1, -0.05) is 38.1 Å². The van der Waals surface area contributed by atoms with Gasteiger partial charge in [0.05, 0.1) is 0 Å². The van der Waals surface area contributed by atoms with E-state index in [4.69, 9.17) is 8.85 Å². The van der Waals surface area contributed by atoms with Crippen LogP contribution in [0.2, 0.25) is 6.55 Å². The molecule has 0 saturated heterocycles. The Kier molecular flexibility index (Phi) is 6.06. The maximum atomic E-state index is 5.90. The number of hydrogen-bond donors (Lipinski definition) is 0. The van der Waals surface area contributed by atoms with Crippen LogP contribution in [-0.4, -0.2) is 21.8 Å². The monoisotopic (exact) mass is 266 g/mol. The summed E-state index contributed by atoms with van der Waals surface area (Å²) < 4.78 is 11.8. The first kappa shape index (κ1) is 15.4. The molecule has 0 aliphatic carbocycles. The van der Waals surface area contributed by atoms with Crippen LogP contribution in [0, 0.1) is 0 Å². The highest BCUT2D eigenvalue weighted by Crippen LogP contribution is 2.18. The van der Waals surface area contributed by atoms with Gasteiger partial charge in [0, 0.05) is 13.2 Å². The van der Waals surface area contributed by atoms with Crippen molar-refractivity contribution in [3.63, 3.8) is 0 Å². The maximum absolute atomic E-state index is 5.90. The zero-order valence-electron chi connectivity index (χ0n) is 12.3. The Bertz CT molecular complexity index is 342. The lowest BCUT2D eigenvalue weighted by molar-refractivity contribution is 0.202. The van der Waals surface area contributed by atoms with Crippen molar-refractivity contribution >= 4 is 13.7 Å². The molecule has 1 aromatic carbocycles. The number of benzene rings is 1. The van der Waals surface area contributed by atoms with Crippen molar-refractivity contribution in [1.82, 2.24) is 0 Å². The third-order valence-electron chi connectivity index (χ3n) is 3.46. The van der Waals surface area contributed by atoms with E-state index in [1.54, 1.807) is 0 Å². The lowest BCUT2D eigenvalue weighted by Gasteiger charge is -2.26. The molecule has 0 fully saturated rings. The highest BCUT2D eigenvalue weighted by molar-refractivity contribution is 6.79. The van der Waals surface area contributed by atoms with E-state index < -0.39 is 8.56 Å². The molecule has 102 valence electrons. The molecule has 1 rings (SSSR count). The van der Waals surface area contributed by atoms with E-state index in [9.17, 15) is 0 Å². The highest BCUT2D eigenvalue weighted by atomic mass is 28.4. The van der Waals surface area contributed by atoms with Crippen LogP contribution in [-0.2, 0) is 8.85 Å². The fourth-order valence-corrected chi connectivity index (χ4v) is 4.40. The second-order valence-corrected chi connectivity index (χ2v) is 7.79. The van der Waals surface area contributed by atoms with Crippen molar-refractivity contribution in [1.29, 1.82) is 0 Å². The van der Waals surface area contributed by atoms with Crippen molar-refractivity contribution in [3.8, 4) is 0 Å². The summed E-state index contributed by atoms with van der Waals surface area (Å²) in [5, 5.41) is 1.22. The Morgan fingerprint density at radius 2 is 1.50 bits per heavy atom. The largest absolute Gasteiger partial charge is 0.391 e. The lowest BCUT2D eigenvalue weighted by atomic mass is 9.99. The summed E-state index contributed by atoms with van der Waals surface area (Å²) in [7, 11) is -2.19. The smallest absolute Gasteiger partial charge is 0.369 e. The molecule has 0 radical (unpaired) electrons. The summed E-state index contributed by atoms with van der Waals surface area (Å²) in [5.74, 6) is 0.617. The van der Waals surface area contributed by atoms with Gasteiger partial charge in [0.25, 0.3) is 0 Å². The fourth-order valence-electron chi connectivity index (χ4n) is 2.11. The molecule has 1 atom stereocenters. The molecule has 18 heavy (non-hydrogen) atoms. The third-order valence-corrected chi connectivity index (χ3v) is 6.52. The Morgan fingerprint density at radius 1 is 1.00 bits per heavy atom. The van der Waals surface area contributed by atoms with Gasteiger partial charge in [0.15, 0.2) is 0 Å². The van der Waals surface area contributed by atoms with Crippen molar-refractivity contribution in [2.24, 2.45) is 0 Å². The van der Waals surface area contributed by atoms with Gasteiger partial charge in [-0.15, -0.1) is 0 Å². The van der Waals surface area contributed by atoms with Crippen LogP contribution in [0.25, 0.3) is 0 Å². The van der Waals surface area contributed by atoms with Gasteiger partial charge in [0.1, 0.15) is 0 Å². The molecule has 0 heterocycles. The molecule has 1 unspecified atom stereocenters. The van der Waals surface area contributed by atoms with E-state index >= 15 is 0 Å². The molecule has 0 amide bonds. The Labute approximate surface area is 113 Å². The molecule has 0 bridgehead atoms. The quantitative estimate of drug-likeness (QED) is 0.703. The van der Waals surface area contributed by atoms with Gasteiger partial charge in [0.2, 0.25) is 0 Å². The molecule has 0 aromatic heterocycles. The molecule has 0 N–H and O–H groups in total. The second kappa shape index (κ2) is 7.07. The SMILES string of the molecule is CCO[Si](C)(OCC)c1ccc(C(C)CC)cc1. The van der Waals surface area contributed by atoms with E-state index in [-0.39, 0.29) is 0 Å². The highest BCUT2D eigenvalue weighted by Gasteiger charge is 2.33. The van der Waals surface area contributed by atoms with E-state index in [1.807, 2.05) is 13.8 Å². The lowest BCUT2D eigenvalue weighted by Crippen LogP contribution is -2.51. The van der Waals surface area contributed by atoms with Crippen LogP contribution in [0.15, 0.2) is 24.3 Å². The molecule has 0 aliphatic heterocycles. The first-order valence-electron chi connectivity index (χ1n) is 6.95. The molecule has 0 spiro atoms. The molecule has 0 saturated carbocycles. The Morgan fingerprint density at radius 3 is 1.89 bits per heavy atom. The first-order chi connectivity index (χ1) is 8.57. The average Bonchev–Trinajstić information content (AvgIpc) is 2.38. The fraction of sp³-hybridized carbons (Fsp3) is 0.600. The topological polar surface area (TPSA) is 18.5 Å². The molecular formula is C15H26O2Si. The van der Waals surface area contributed by atoms with Crippen LogP contribution in [0.4, 0.5) is 0 Å². The van der Waals surface area contributed by atoms with Crippen LogP contribution in [0.3, 0.4) is 0 Å². The Balaban J connectivity index is 2.93. The maximum Gasteiger partial charge on any atom is 0.369 e. The average molecular weight is 266 g/mol. The molecule has 3 heteroatoms. The summed E-state index contributed by atoms with van der Waals surface area (Å²) in [6, 6.07) is 8.79. The van der Waals surface area contributed by atoms with E-state index in [0.717, 1.165) is 0 Å². The molecule has 0 aliphatic rings. The van der Waals surface area contributed by atoms with Gasteiger partial charge in [-0.25, -0.2) is 0 Å². The van der Waals surface area contributed by atoms with Gasteiger partial charge in [-0.05, 0) is 43.5 Å². The first-order valence-corrected chi connectivity index (χ1v) is 9.27. The summed E-state index contributed by atoms with van der Waals surface area (Å²) >= 11 is 0. The molecule has 1 aromatic rings. The predicted molar refractivity (Wildman–Crippen MR) is 79.7 cm³/mol. The second-order valence-electron chi connectivity index (χ2n) is 4.74. The van der Waals surface area contributed by atoms with E-state index in [2.05, 4.69) is 44.7 Å². The zero-order chi connectivity index (χ0) is 13.6. The van der Waals surface area contributed by atoms with Crippen molar-refractivity contribution in [2.45, 2.75) is 46.6 Å². The summed E-state index contributed by atoms with van der Waals surface area (Å²) in [4.78, 5) is 0. The van der Waals surface area contributed by atoms with Crippen molar-refractivity contribution in [3.05, 3.63) is 29.8 Å². The summed E-state index contributed by atoms with van der Waals surface area (Å²) in [6.07, 6.45) is 1.17. The van der Waals surface area contributed by atoms with Gasteiger partial charge < -0.3 is 8.85 Å². The van der Waals surface area contributed by atoms with Crippen LogP contribution in [0.1, 0.15) is 45.6 Å². The van der Waals surface area contributed by atoms with Crippen LogP contribution >= 0.6 is 0 Å². The normalized spacial score (nSPS) is 13.6. The Hall–Kier alpha value is -0.643. The summed E-state index contributed by atoms with van der Waals surface area (Å²) in [6.45, 7) is 12.1. The number of hydrogen-bond acceptors (Lipinski definition) is 2. The minimum Gasteiger partial charge on any atom is -0.391 e. The van der Waals surface area contributed by atoms with Gasteiger partial charge in [-0.3, -0.25) is 0 Å². The third kappa shape index (κ3) is 3.67. The predicted octanol–water partition coefficient (Wildman–Crippen LogP) is 3.55. The minimum absolute atomic E-state index is 0.617. The van der Waals surface area contributed by atoms with Crippen molar-refractivity contribution < 1.29 is 8.85 Å². The summed E-state index contributed by atoms with van der Waals surface area (Å²) in [5.41, 5.74) is 1.39. The van der Waals surface area contributed by atoms with Crippen LogP contribution in [0.5, 0.6) is 0 Å². The van der Waals surface area contributed by atoms with E-state index in [1.165, 1.54) is 17.2 Å². The number of rotatable bonds is 7. The van der Waals surface area contributed by atoms with E-state index in [0.29, 0.717) is 19.1 Å². The van der Waals surface area contributed by atoms with Gasteiger partial charge >= 0.3 is 8.56 Å². The van der Waals surface area contributed by atoms with Crippen LogP contribution < -0.4 is 5.19 Å². The molecular weight excluding hydrogens is 240 g/mol. The zero-order valence-corrected chi connectivity index (χ0v) is 13.3. The minimum atomic E-state index is -2.19.